The lowest BCUT2D eigenvalue weighted by atomic mass is 10.2. The van der Waals surface area contributed by atoms with E-state index in [2.05, 4.69) is 13.2 Å². The molecule has 2 heteroatoms. The van der Waals surface area contributed by atoms with Crippen molar-refractivity contribution >= 4 is 12.2 Å². The van der Waals surface area contributed by atoms with Crippen molar-refractivity contribution in [2.75, 3.05) is 13.2 Å². The van der Waals surface area contributed by atoms with Crippen LogP contribution in [0.2, 0.25) is 0 Å². The summed E-state index contributed by atoms with van der Waals surface area (Å²) in [6.07, 6.45) is 5.58. The normalized spacial score (nSPS) is 10.0. The van der Waals surface area contributed by atoms with Crippen LogP contribution < -0.4 is 9.47 Å². The van der Waals surface area contributed by atoms with Gasteiger partial charge in [0.25, 0.3) is 0 Å². The maximum absolute atomic E-state index is 5.69. The van der Waals surface area contributed by atoms with Crippen LogP contribution >= 0.6 is 0 Å². The molecule has 0 aromatic heterocycles. The summed E-state index contributed by atoms with van der Waals surface area (Å²) in [4.78, 5) is 0. The summed E-state index contributed by atoms with van der Waals surface area (Å²) in [7, 11) is 0. The molecule has 0 atom stereocenters. The standard InChI is InChI=1S/C20H22O2/c1-3-17-7-11-19(12-8-17)21-15-5-6-16-22-20-13-9-18(4-2)10-14-20/h3-4,7-14H,1-2,5-6,15-16H2. The van der Waals surface area contributed by atoms with E-state index in [1.165, 1.54) is 0 Å². The molecule has 0 heterocycles. The fourth-order valence-electron chi connectivity index (χ4n) is 1.98. The fourth-order valence-corrected chi connectivity index (χ4v) is 1.98. The molecule has 2 aromatic rings. The zero-order chi connectivity index (χ0) is 15.6. The van der Waals surface area contributed by atoms with Crippen molar-refractivity contribution in [3.05, 3.63) is 72.8 Å². The van der Waals surface area contributed by atoms with Crippen molar-refractivity contribution < 1.29 is 9.47 Å². The highest BCUT2D eigenvalue weighted by molar-refractivity contribution is 5.48. The van der Waals surface area contributed by atoms with Crippen molar-refractivity contribution in [2.45, 2.75) is 12.8 Å². The summed E-state index contributed by atoms with van der Waals surface area (Å²) < 4.78 is 11.4. The third kappa shape index (κ3) is 5.13. The lowest BCUT2D eigenvalue weighted by Crippen LogP contribution is -2.02. The zero-order valence-electron chi connectivity index (χ0n) is 12.8. The third-order valence-corrected chi connectivity index (χ3v) is 3.31. The minimum atomic E-state index is 0.701. The Morgan fingerprint density at radius 3 is 1.32 bits per heavy atom. The second kappa shape index (κ2) is 8.73. The first-order valence-corrected chi connectivity index (χ1v) is 7.52. The van der Waals surface area contributed by atoms with Gasteiger partial charge in [-0.15, -0.1) is 0 Å². The molecule has 114 valence electrons. The average Bonchev–Trinajstić information content (AvgIpc) is 2.59. The predicted molar refractivity (Wildman–Crippen MR) is 93.3 cm³/mol. The number of unbranched alkanes of at least 4 members (excludes halogenated alkanes) is 1. The monoisotopic (exact) mass is 294 g/mol. The van der Waals surface area contributed by atoms with Crippen LogP contribution in [-0.4, -0.2) is 13.2 Å². The van der Waals surface area contributed by atoms with Crippen LogP contribution in [0.5, 0.6) is 11.5 Å². The first-order chi connectivity index (χ1) is 10.8. The van der Waals surface area contributed by atoms with Gasteiger partial charge in [0.2, 0.25) is 0 Å². The maximum Gasteiger partial charge on any atom is 0.119 e. The number of ether oxygens (including phenoxy) is 2. The van der Waals surface area contributed by atoms with E-state index < -0.39 is 0 Å². The molecule has 0 unspecified atom stereocenters. The van der Waals surface area contributed by atoms with Gasteiger partial charge in [0.15, 0.2) is 0 Å². The van der Waals surface area contributed by atoms with Gasteiger partial charge in [-0.05, 0) is 48.2 Å². The molecule has 0 aliphatic carbocycles. The van der Waals surface area contributed by atoms with Crippen LogP contribution in [0.4, 0.5) is 0 Å². The smallest absolute Gasteiger partial charge is 0.119 e. The molecule has 0 aliphatic heterocycles. The van der Waals surface area contributed by atoms with Crippen LogP contribution in [0, 0.1) is 0 Å². The summed E-state index contributed by atoms with van der Waals surface area (Å²) in [6, 6.07) is 15.9. The minimum Gasteiger partial charge on any atom is -0.494 e. The number of rotatable bonds is 9. The van der Waals surface area contributed by atoms with Gasteiger partial charge in [-0.25, -0.2) is 0 Å². The lowest BCUT2D eigenvalue weighted by molar-refractivity contribution is 0.266. The first-order valence-electron chi connectivity index (χ1n) is 7.52. The van der Waals surface area contributed by atoms with E-state index >= 15 is 0 Å². The lowest BCUT2D eigenvalue weighted by Gasteiger charge is -2.08. The molecule has 0 saturated heterocycles. The van der Waals surface area contributed by atoms with Crippen molar-refractivity contribution in [3.8, 4) is 11.5 Å². The van der Waals surface area contributed by atoms with Crippen LogP contribution in [0.1, 0.15) is 24.0 Å². The van der Waals surface area contributed by atoms with E-state index in [9.17, 15) is 0 Å². The largest absolute Gasteiger partial charge is 0.494 e. The molecule has 2 aromatic carbocycles. The van der Waals surface area contributed by atoms with Crippen molar-refractivity contribution in [3.63, 3.8) is 0 Å². The molecule has 0 amide bonds. The highest BCUT2D eigenvalue weighted by Crippen LogP contribution is 2.14. The Morgan fingerprint density at radius 2 is 1.00 bits per heavy atom. The molecule has 0 fully saturated rings. The van der Waals surface area contributed by atoms with Crippen molar-refractivity contribution in [1.29, 1.82) is 0 Å². The Hall–Kier alpha value is -2.48. The molecule has 0 bridgehead atoms. The SMILES string of the molecule is C=Cc1ccc(OCCCCOc2ccc(C=C)cc2)cc1. The van der Waals surface area contributed by atoms with E-state index in [-0.39, 0.29) is 0 Å². The molecule has 2 rings (SSSR count). The van der Waals surface area contributed by atoms with Crippen molar-refractivity contribution in [2.24, 2.45) is 0 Å². The molecule has 0 spiro atoms. The van der Waals surface area contributed by atoms with Gasteiger partial charge in [-0.2, -0.15) is 0 Å². The van der Waals surface area contributed by atoms with Gasteiger partial charge in [0, 0.05) is 0 Å². The van der Waals surface area contributed by atoms with Gasteiger partial charge in [-0.3, -0.25) is 0 Å². The van der Waals surface area contributed by atoms with Crippen LogP contribution in [-0.2, 0) is 0 Å². The van der Waals surface area contributed by atoms with Crippen LogP contribution in [0.15, 0.2) is 61.7 Å². The molecule has 2 nitrogen and oxygen atoms in total. The first kappa shape index (κ1) is 15.9. The zero-order valence-corrected chi connectivity index (χ0v) is 12.8. The Labute approximate surface area is 132 Å². The van der Waals surface area contributed by atoms with Crippen LogP contribution in [0.25, 0.3) is 12.2 Å². The van der Waals surface area contributed by atoms with E-state index in [4.69, 9.17) is 9.47 Å². The third-order valence-electron chi connectivity index (χ3n) is 3.31. The van der Waals surface area contributed by atoms with Gasteiger partial charge >= 0.3 is 0 Å². The Morgan fingerprint density at radius 1 is 0.636 bits per heavy atom. The highest BCUT2D eigenvalue weighted by atomic mass is 16.5. The Balaban J connectivity index is 1.60. The summed E-state index contributed by atoms with van der Waals surface area (Å²) in [5, 5.41) is 0. The van der Waals surface area contributed by atoms with Gasteiger partial charge in [-0.1, -0.05) is 49.6 Å². The van der Waals surface area contributed by atoms with E-state index in [0.29, 0.717) is 13.2 Å². The molecular formula is C20H22O2. The topological polar surface area (TPSA) is 18.5 Å². The Kier molecular flexibility index (Phi) is 6.31. The molecular weight excluding hydrogens is 272 g/mol. The summed E-state index contributed by atoms with van der Waals surface area (Å²) >= 11 is 0. The van der Waals surface area contributed by atoms with E-state index in [0.717, 1.165) is 35.5 Å². The fraction of sp³-hybridized carbons (Fsp3) is 0.200. The Bertz CT molecular complexity index is 527. The predicted octanol–water partition coefficient (Wildman–Crippen LogP) is 5.21. The quantitative estimate of drug-likeness (QED) is 0.591. The number of hydrogen-bond donors (Lipinski definition) is 0. The summed E-state index contributed by atoms with van der Waals surface area (Å²) in [5.41, 5.74) is 2.20. The van der Waals surface area contributed by atoms with Crippen LogP contribution in [0.3, 0.4) is 0 Å². The number of benzene rings is 2. The van der Waals surface area contributed by atoms with Crippen molar-refractivity contribution in [1.82, 2.24) is 0 Å². The molecule has 0 aliphatic rings. The average molecular weight is 294 g/mol. The minimum absolute atomic E-state index is 0.701. The maximum atomic E-state index is 5.69. The summed E-state index contributed by atoms with van der Waals surface area (Å²) in [6.45, 7) is 8.86. The van der Waals surface area contributed by atoms with E-state index in [1.807, 2.05) is 60.7 Å². The molecule has 0 N–H and O–H groups in total. The number of hydrogen-bond acceptors (Lipinski definition) is 2. The van der Waals surface area contributed by atoms with E-state index in [1.54, 1.807) is 0 Å². The van der Waals surface area contributed by atoms with Gasteiger partial charge in [0.05, 0.1) is 13.2 Å². The molecule has 22 heavy (non-hydrogen) atoms. The van der Waals surface area contributed by atoms with Gasteiger partial charge < -0.3 is 9.47 Å². The highest BCUT2D eigenvalue weighted by Gasteiger charge is 1.96. The second-order valence-electron chi connectivity index (χ2n) is 4.95. The second-order valence-corrected chi connectivity index (χ2v) is 4.95. The molecule has 0 radical (unpaired) electrons. The summed E-state index contributed by atoms with van der Waals surface area (Å²) in [5.74, 6) is 1.79. The molecule has 0 saturated carbocycles. The van der Waals surface area contributed by atoms with Gasteiger partial charge in [0.1, 0.15) is 11.5 Å².